The van der Waals surface area contributed by atoms with Crippen molar-refractivity contribution in [1.82, 2.24) is 5.32 Å². The molecule has 3 nitrogen and oxygen atoms in total. The minimum absolute atomic E-state index is 0.215. The Bertz CT molecular complexity index is 453. The van der Waals surface area contributed by atoms with E-state index >= 15 is 0 Å². The molecular weight excluding hydrogens is 245 g/mol. The average Bonchev–Trinajstić information content (AvgIpc) is 2.42. The Kier molecular flexibility index (Phi) is 5.70. The lowest BCUT2D eigenvalue weighted by molar-refractivity contribution is -0.117. The number of aliphatic hydroxyl groups is 1. The maximum absolute atomic E-state index is 12.9. The van der Waals surface area contributed by atoms with E-state index in [0.717, 1.165) is 0 Å². The molecule has 0 saturated carbocycles. The molecule has 0 heterocycles. The molecule has 0 aliphatic heterocycles. The van der Waals surface area contributed by atoms with Crippen molar-refractivity contribution in [2.75, 3.05) is 6.54 Å². The largest absolute Gasteiger partial charge is 0.388 e. The Morgan fingerprint density at radius 3 is 2.68 bits per heavy atom. The number of carbonyl (C=O) groups is 1. The summed E-state index contributed by atoms with van der Waals surface area (Å²) in [5.41, 5.74) is -0.237. The first-order valence-corrected chi connectivity index (χ1v) is 6.43. The molecule has 2 N–H and O–H groups in total. The van der Waals surface area contributed by atoms with Crippen LogP contribution in [0.5, 0.6) is 0 Å². The van der Waals surface area contributed by atoms with Gasteiger partial charge in [-0.05, 0) is 36.6 Å². The first-order valence-electron chi connectivity index (χ1n) is 6.43. The maximum atomic E-state index is 12.9. The summed E-state index contributed by atoms with van der Waals surface area (Å²) in [6.07, 6.45) is 4.03. The van der Waals surface area contributed by atoms with Gasteiger partial charge in [0.1, 0.15) is 5.82 Å². The van der Waals surface area contributed by atoms with Gasteiger partial charge in [-0.3, -0.25) is 4.79 Å². The molecule has 0 aliphatic carbocycles. The van der Waals surface area contributed by atoms with E-state index in [2.05, 4.69) is 5.32 Å². The first kappa shape index (κ1) is 15.4. The van der Waals surface area contributed by atoms with Crippen molar-refractivity contribution in [1.29, 1.82) is 0 Å². The Hall–Kier alpha value is -1.68. The molecule has 1 rings (SSSR count). The minimum atomic E-state index is -0.859. The van der Waals surface area contributed by atoms with Gasteiger partial charge in [-0.15, -0.1) is 0 Å². The van der Waals surface area contributed by atoms with Crippen LogP contribution < -0.4 is 5.32 Å². The lowest BCUT2D eigenvalue weighted by Gasteiger charge is -2.24. The molecule has 19 heavy (non-hydrogen) atoms. The Balaban J connectivity index is 2.52. The molecule has 4 heteroatoms. The van der Waals surface area contributed by atoms with Gasteiger partial charge in [0.05, 0.1) is 5.60 Å². The highest BCUT2D eigenvalue weighted by atomic mass is 19.1. The smallest absolute Gasteiger partial charge is 0.244 e. The normalized spacial score (nSPS) is 11.8. The van der Waals surface area contributed by atoms with E-state index in [1.54, 1.807) is 12.1 Å². The molecule has 0 spiro atoms. The molecule has 1 amide bonds. The van der Waals surface area contributed by atoms with E-state index in [-0.39, 0.29) is 18.3 Å². The highest BCUT2D eigenvalue weighted by Crippen LogP contribution is 2.12. The second-order valence-corrected chi connectivity index (χ2v) is 4.54. The van der Waals surface area contributed by atoms with Crippen molar-refractivity contribution in [2.45, 2.75) is 32.3 Å². The van der Waals surface area contributed by atoms with Crippen LogP contribution in [0.1, 0.15) is 32.3 Å². The van der Waals surface area contributed by atoms with Crippen LogP contribution in [0.15, 0.2) is 30.3 Å². The van der Waals surface area contributed by atoms with Crippen LogP contribution in [0, 0.1) is 5.82 Å². The molecule has 0 atom stereocenters. The van der Waals surface area contributed by atoms with Gasteiger partial charge in [-0.1, -0.05) is 26.0 Å². The zero-order valence-electron chi connectivity index (χ0n) is 11.3. The van der Waals surface area contributed by atoms with Gasteiger partial charge in [-0.25, -0.2) is 4.39 Å². The summed E-state index contributed by atoms with van der Waals surface area (Å²) in [5, 5.41) is 12.7. The lowest BCUT2D eigenvalue weighted by Crippen LogP contribution is -2.41. The van der Waals surface area contributed by atoms with E-state index in [0.29, 0.717) is 18.4 Å². The summed E-state index contributed by atoms with van der Waals surface area (Å²) in [6, 6.07) is 5.99. The van der Waals surface area contributed by atoms with E-state index in [1.807, 2.05) is 13.8 Å². The number of amides is 1. The van der Waals surface area contributed by atoms with Crippen molar-refractivity contribution < 1.29 is 14.3 Å². The fourth-order valence-corrected chi connectivity index (χ4v) is 1.59. The van der Waals surface area contributed by atoms with E-state index in [1.165, 1.54) is 24.3 Å². The summed E-state index contributed by atoms with van der Waals surface area (Å²) < 4.78 is 12.9. The van der Waals surface area contributed by atoms with Crippen molar-refractivity contribution in [3.05, 3.63) is 41.7 Å². The summed E-state index contributed by atoms with van der Waals surface area (Å²) in [4.78, 5) is 11.6. The lowest BCUT2D eigenvalue weighted by atomic mass is 9.98. The number of carbonyl (C=O) groups excluding carboxylic acids is 1. The molecule has 0 aromatic heterocycles. The van der Waals surface area contributed by atoms with Crippen LogP contribution in [0.3, 0.4) is 0 Å². The quantitative estimate of drug-likeness (QED) is 0.776. The Morgan fingerprint density at radius 1 is 1.42 bits per heavy atom. The number of nitrogens with one attached hydrogen (secondary N) is 1. The van der Waals surface area contributed by atoms with Crippen molar-refractivity contribution >= 4 is 12.0 Å². The second-order valence-electron chi connectivity index (χ2n) is 4.54. The van der Waals surface area contributed by atoms with E-state index < -0.39 is 5.60 Å². The monoisotopic (exact) mass is 265 g/mol. The molecule has 0 bridgehead atoms. The SMILES string of the molecule is CCC(O)(CC)CNC(=O)C=Cc1cccc(F)c1. The van der Waals surface area contributed by atoms with E-state index in [9.17, 15) is 14.3 Å². The van der Waals surface area contributed by atoms with Gasteiger partial charge in [0, 0.05) is 12.6 Å². The van der Waals surface area contributed by atoms with Crippen LogP contribution in [-0.4, -0.2) is 23.2 Å². The number of halogens is 1. The third kappa shape index (κ3) is 5.22. The zero-order chi connectivity index (χ0) is 14.3. The fraction of sp³-hybridized carbons (Fsp3) is 0.400. The molecule has 1 aromatic carbocycles. The molecule has 1 aromatic rings. The predicted molar refractivity (Wildman–Crippen MR) is 74.0 cm³/mol. The van der Waals surface area contributed by atoms with Crippen LogP contribution >= 0.6 is 0 Å². The highest BCUT2D eigenvalue weighted by molar-refractivity contribution is 5.91. The molecule has 0 unspecified atom stereocenters. The van der Waals surface area contributed by atoms with Gasteiger partial charge < -0.3 is 10.4 Å². The number of rotatable bonds is 6. The zero-order valence-corrected chi connectivity index (χ0v) is 11.3. The van der Waals surface area contributed by atoms with Gasteiger partial charge in [0.2, 0.25) is 5.91 Å². The minimum Gasteiger partial charge on any atom is -0.388 e. The Labute approximate surface area is 113 Å². The summed E-state index contributed by atoms with van der Waals surface area (Å²) in [7, 11) is 0. The summed E-state index contributed by atoms with van der Waals surface area (Å²) in [6.45, 7) is 3.96. The number of hydrogen-bond acceptors (Lipinski definition) is 2. The van der Waals surface area contributed by atoms with Gasteiger partial charge in [-0.2, -0.15) is 0 Å². The molecule has 0 saturated heterocycles. The van der Waals surface area contributed by atoms with Crippen LogP contribution in [-0.2, 0) is 4.79 Å². The average molecular weight is 265 g/mol. The molecule has 0 fully saturated rings. The summed E-state index contributed by atoms with van der Waals surface area (Å²) in [5.74, 6) is -0.640. The molecule has 0 aliphatic rings. The van der Waals surface area contributed by atoms with Crippen LogP contribution in [0.4, 0.5) is 4.39 Å². The van der Waals surface area contributed by atoms with Crippen molar-refractivity contribution in [2.24, 2.45) is 0 Å². The van der Waals surface area contributed by atoms with Crippen LogP contribution in [0.2, 0.25) is 0 Å². The maximum Gasteiger partial charge on any atom is 0.244 e. The van der Waals surface area contributed by atoms with Crippen molar-refractivity contribution in [3.8, 4) is 0 Å². The van der Waals surface area contributed by atoms with Gasteiger partial charge in [0.15, 0.2) is 0 Å². The second kappa shape index (κ2) is 7.04. The Morgan fingerprint density at radius 2 is 2.11 bits per heavy atom. The predicted octanol–water partition coefficient (Wildman–Crippen LogP) is 2.51. The van der Waals surface area contributed by atoms with Crippen molar-refractivity contribution in [3.63, 3.8) is 0 Å². The van der Waals surface area contributed by atoms with E-state index in [4.69, 9.17) is 0 Å². The number of hydrogen-bond donors (Lipinski definition) is 2. The molecule has 0 radical (unpaired) electrons. The van der Waals surface area contributed by atoms with Crippen LogP contribution in [0.25, 0.3) is 6.08 Å². The summed E-state index contributed by atoms with van der Waals surface area (Å²) >= 11 is 0. The third-order valence-electron chi connectivity index (χ3n) is 3.18. The van der Waals surface area contributed by atoms with Gasteiger partial charge >= 0.3 is 0 Å². The first-order chi connectivity index (χ1) is 8.99. The topological polar surface area (TPSA) is 49.3 Å². The fourth-order valence-electron chi connectivity index (χ4n) is 1.59. The third-order valence-corrected chi connectivity index (χ3v) is 3.18. The highest BCUT2D eigenvalue weighted by Gasteiger charge is 2.22. The number of benzene rings is 1. The van der Waals surface area contributed by atoms with Gasteiger partial charge in [0.25, 0.3) is 0 Å². The standard InChI is InChI=1S/C15H20FNO2/c1-3-15(19,4-2)11-17-14(18)9-8-12-6-5-7-13(16)10-12/h5-10,19H,3-4,11H2,1-2H3,(H,17,18). The molecule has 104 valence electrons. The molecular formula is C15H20FNO2.